The van der Waals surface area contributed by atoms with Crippen LogP contribution < -0.4 is 11.1 Å². The lowest BCUT2D eigenvalue weighted by Gasteiger charge is -2.40. The average Bonchev–Trinajstić information content (AvgIpc) is 2.28. The summed E-state index contributed by atoms with van der Waals surface area (Å²) < 4.78 is 4.73. The van der Waals surface area contributed by atoms with Gasteiger partial charge in [-0.15, -0.1) is 0 Å². The van der Waals surface area contributed by atoms with E-state index < -0.39 is 43.2 Å². The first-order valence-corrected chi connectivity index (χ1v) is 4.81. The molecule has 8 nitrogen and oxygen atoms in total. The third kappa shape index (κ3) is 2.67. The molecule has 1 fully saturated rings. The molecule has 7 N–H and O–H groups in total. The highest BCUT2D eigenvalue weighted by molar-refractivity contribution is 5.78. The summed E-state index contributed by atoms with van der Waals surface area (Å²) in [5.74, 6) is -0.589. The van der Waals surface area contributed by atoms with Gasteiger partial charge in [-0.3, -0.25) is 4.79 Å². The topological polar surface area (TPSA) is 145 Å². The van der Waals surface area contributed by atoms with Crippen molar-refractivity contribution in [3.8, 4) is 0 Å². The maximum absolute atomic E-state index is 11.0. The van der Waals surface area contributed by atoms with E-state index in [1.165, 1.54) is 0 Å². The molecule has 8 heteroatoms. The van der Waals surface area contributed by atoms with E-state index in [4.69, 9.17) is 15.6 Å². The maximum atomic E-state index is 11.0. The Morgan fingerprint density at radius 1 is 1.31 bits per heavy atom. The van der Waals surface area contributed by atoms with Crippen molar-refractivity contribution < 1.29 is 30.0 Å². The number of carbonyl (C=O) groups is 1. The van der Waals surface area contributed by atoms with Crippen molar-refractivity contribution in [3.63, 3.8) is 0 Å². The van der Waals surface area contributed by atoms with E-state index in [2.05, 4.69) is 5.32 Å². The van der Waals surface area contributed by atoms with Crippen LogP contribution in [0, 0.1) is 0 Å². The Balaban J connectivity index is 2.72. The largest absolute Gasteiger partial charge is 0.394 e. The first-order valence-electron chi connectivity index (χ1n) is 4.81. The Morgan fingerprint density at radius 3 is 2.44 bits per heavy atom. The van der Waals surface area contributed by atoms with Crippen LogP contribution in [-0.4, -0.2) is 70.1 Å². The molecule has 1 heterocycles. The Morgan fingerprint density at radius 2 is 1.94 bits per heavy atom. The first kappa shape index (κ1) is 13.3. The van der Waals surface area contributed by atoms with Crippen LogP contribution in [0.25, 0.3) is 0 Å². The molecule has 1 saturated heterocycles. The van der Waals surface area contributed by atoms with Crippen LogP contribution in [0.4, 0.5) is 0 Å². The van der Waals surface area contributed by atoms with E-state index in [1.807, 2.05) is 0 Å². The second-order valence-electron chi connectivity index (χ2n) is 3.53. The molecule has 0 aromatic heterocycles. The highest BCUT2D eigenvalue weighted by atomic mass is 16.6. The van der Waals surface area contributed by atoms with Crippen LogP contribution in [-0.2, 0) is 9.53 Å². The van der Waals surface area contributed by atoms with Gasteiger partial charge in [-0.2, -0.15) is 0 Å². The number of rotatable bonds is 3. The summed E-state index contributed by atoms with van der Waals surface area (Å²) in [4.78, 5) is 11.0. The minimum Gasteiger partial charge on any atom is -0.394 e. The van der Waals surface area contributed by atoms with Gasteiger partial charge in [0.25, 0.3) is 0 Å². The summed E-state index contributed by atoms with van der Waals surface area (Å²) in [7, 11) is 0. The first-order chi connectivity index (χ1) is 7.51. The van der Waals surface area contributed by atoms with Gasteiger partial charge in [0.2, 0.25) is 5.91 Å². The van der Waals surface area contributed by atoms with Gasteiger partial charge in [0.1, 0.15) is 18.3 Å². The third-order valence-corrected chi connectivity index (χ3v) is 2.42. The molecule has 0 radical (unpaired) electrons. The number of amides is 1. The number of nitrogens with two attached hydrogens (primary N) is 1. The van der Waals surface area contributed by atoms with Crippen LogP contribution >= 0.6 is 0 Å². The molecule has 94 valence electrons. The number of hydrogen-bond acceptors (Lipinski definition) is 7. The van der Waals surface area contributed by atoms with Crippen molar-refractivity contribution in [2.45, 2.75) is 30.6 Å². The minimum atomic E-state index is -1.58. The van der Waals surface area contributed by atoms with E-state index in [0.717, 1.165) is 0 Å². The Kier molecular flexibility index (Phi) is 4.59. The SMILES string of the molecule is NCC(=O)N[C@@H]1[C@@H](O)[C@H](O)O[C@H](CO)[C@@H]1O. The van der Waals surface area contributed by atoms with Crippen LogP contribution in [0.5, 0.6) is 0 Å². The van der Waals surface area contributed by atoms with E-state index >= 15 is 0 Å². The fourth-order valence-corrected chi connectivity index (χ4v) is 1.52. The van der Waals surface area contributed by atoms with Gasteiger partial charge in [0, 0.05) is 0 Å². The van der Waals surface area contributed by atoms with Gasteiger partial charge in [-0.1, -0.05) is 0 Å². The monoisotopic (exact) mass is 236 g/mol. The van der Waals surface area contributed by atoms with Gasteiger partial charge in [0.15, 0.2) is 6.29 Å². The Labute approximate surface area is 91.6 Å². The molecule has 1 aliphatic heterocycles. The number of aliphatic hydroxyl groups excluding tert-OH is 4. The predicted molar refractivity (Wildman–Crippen MR) is 51.0 cm³/mol. The van der Waals surface area contributed by atoms with Crippen molar-refractivity contribution in [1.82, 2.24) is 5.32 Å². The highest BCUT2D eigenvalue weighted by Gasteiger charge is 2.44. The smallest absolute Gasteiger partial charge is 0.234 e. The average molecular weight is 236 g/mol. The van der Waals surface area contributed by atoms with Crippen LogP contribution in [0.3, 0.4) is 0 Å². The van der Waals surface area contributed by atoms with Crippen LogP contribution in [0.2, 0.25) is 0 Å². The quantitative estimate of drug-likeness (QED) is 0.292. The Hall–Kier alpha value is -0.770. The maximum Gasteiger partial charge on any atom is 0.234 e. The lowest BCUT2D eigenvalue weighted by molar-refractivity contribution is -0.261. The molecule has 0 aromatic rings. The zero-order chi connectivity index (χ0) is 12.3. The number of nitrogens with one attached hydrogen (secondary N) is 1. The number of hydrogen-bond donors (Lipinski definition) is 6. The van der Waals surface area contributed by atoms with Crippen molar-refractivity contribution in [1.29, 1.82) is 0 Å². The van der Waals surface area contributed by atoms with Gasteiger partial charge in [0.05, 0.1) is 19.2 Å². The van der Waals surface area contributed by atoms with Crippen molar-refractivity contribution in [3.05, 3.63) is 0 Å². The van der Waals surface area contributed by atoms with E-state index in [1.54, 1.807) is 0 Å². The second-order valence-corrected chi connectivity index (χ2v) is 3.53. The Bertz CT molecular complexity index is 251. The minimum absolute atomic E-state index is 0.309. The second kappa shape index (κ2) is 5.53. The fraction of sp³-hybridized carbons (Fsp3) is 0.875. The molecule has 1 rings (SSSR count). The number of carbonyl (C=O) groups excluding carboxylic acids is 1. The van der Waals surface area contributed by atoms with Crippen molar-refractivity contribution in [2.24, 2.45) is 5.73 Å². The van der Waals surface area contributed by atoms with Crippen molar-refractivity contribution in [2.75, 3.05) is 13.2 Å². The molecule has 5 atom stereocenters. The molecule has 1 amide bonds. The molecular formula is C8H16N2O6. The van der Waals surface area contributed by atoms with E-state index in [0.29, 0.717) is 0 Å². The summed E-state index contributed by atoms with van der Waals surface area (Å²) in [6.45, 7) is -0.851. The van der Waals surface area contributed by atoms with Crippen LogP contribution in [0.1, 0.15) is 0 Å². The number of ether oxygens (including phenoxy) is 1. The predicted octanol–water partition coefficient (Wildman–Crippen LogP) is -4.14. The molecule has 16 heavy (non-hydrogen) atoms. The normalized spacial score (nSPS) is 39.4. The van der Waals surface area contributed by atoms with Gasteiger partial charge in [-0.05, 0) is 0 Å². The third-order valence-electron chi connectivity index (χ3n) is 2.42. The fourth-order valence-electron chi connectivity index (χ4n) is 1.52. The lowest BCUT2D eigenvalue weighted by Crippen LogP contribution is -2.65. The highest BCUT2D eigenvalue weighted by Crippen LogP contribution is 2.19. The zero-order valence-electron chi connectivity index (χ0n) is 8.48. The molecule has 0 saturated carbocycles. The summed E-state index contributed by atoms with van der Waals surface area (Å²) in [6, 6.07) is -1.13. The molecule has 0 aliphatic carbocycles. The molecule has 0 unspecified atom stereocenters. The van der Waals surface area contributed by atoms with Gasteiger partial charge < -0.3 is 36.2 Å². The van der Waals surface area contributed by atoms with E-state index in [-0.39, 0.29) is 6.54 Å². The molecule has 0 bridgehead atoms. The molecule has 0 aromatic carbocycles. The summed E-state index contributed by atoms with van der Waals surface area (Å²) in [5.41, 5.74) is 5.06. The van der Waals surface area contributed by atoms with E-state index in [9.17, 15) is 20.1 Å². The molecule has 0 spiro atoms. The molecule has 1 aliphatic rings. The molecular weight excluding hydrogens is 220 g/mol. The number of aliphatic hydroxyl groups is 4. The van der Waals surface area contributed by atoms with Crippen molar-refractivity contribution >= 4 is 5.91 Å². The van der Waals surface area contributed by atoms with Crippen LogP contribution in [0.15, 0.2) is 0 Å². The standard InChI is InChI=1S/C8H16N2O6/c9-1-4(12)10-5-6(13)3(2-11)16-8(15)7(5)14/h3,5-8,11,13-15H,1-2,9H2,(H,10,12)/t3-,5+,6+,7-,8-/m1/s1. The summed E-state index contributed by atoms with van der Waals surface area (Å²) in [5, 5.41) is 39.5. The van der Waals surface area contributed by atoms with Gasteiger partial charge >= 0.3 is 0 Å². The summed E-state index contributed by atoms with van der Waals surface area (Å²) in [6.07, 6.45) is -5.45. The summed E-state index contributed by atoms with van der Waals surface area (Å²) >= 11 is 0. The van der Waals surface area contributed by atoms with Gasteiger partial charge in [-0.25, -0.2) is 0 Å². The lowest BCUT2D eigenvalue weighted by atomic mass is 9.96. The zero-order valence-corrected chi connectivity index (χ0v) is 8.48.